The van der Waals surface area contributed by atoms with Crippen molar-refractivity contribution in [3.63, 3.8) is 0 Å². The van der Waals surface area contributed by atoms with Crippen LogP contribution in [0.1, 0.15) is 67.1 Å². The number of fused-ring (bicyclic) bond motifs is 1. The summed E-state index contributed by atoms with van der Waals surface area (Å²) < 4.78 is 32.3. The van der Waals surface area contributed by atoms with Gasteiger partial charge in [-0.15, -0.1) is 0 Å². The summed E-state index contributed by atoms with van der Waals surface area (Å²) in [4.78, 5) is 23.4. The van der Waals surface area contributed by atoms with Crippen molar-refractivity contribution in [2.45, 2.75) is 56.8 Å². The second-order valence-electron chi connectivity index (χ2n) is 9.21. The van der Waals surface area contributed by atoms with E-state index in [2.05, 4.69) is 15.1 Å². The van der Waals surface area contributed by atoms with Crippen molar-refractivity contribution < 1.29 is 17.6 Å². The molecule has 1 aliphatic rings. The smallest absolute Gasteiger partial charge is 0.289 e. The molecule has 1 unspecified atom stereocenters. The molecule has 0 saturated carbocycles. The van der Waals surface area contributed by atoms with Gasteiger partial charge in [0.1, 0.15) is 17.0 Å². The Morgan fingerprint density at radius 1 is 1.26 bits per heavy atom. The number of likely N-dealkylation sites (tertiary alicyclic amines) is 1. The Labute approximate surface area is 181 Å². The number of hydrogen-bond donors (Lipinski definition) is 0. The van der Waals surface area contributed by atoms with Crippen LogP contribution in [0, 0.1) is 6.92 Å². The largest absolute Gasteiger partial charge is 0.455 e. The summed E-state index contributed by atoms with van der Waals surface area (Å²) in [5, 5.41) is 4.20. The van der Waals surface area contributed by atoms with Crippen LogP contribution in [0.3, 0.4) is 0 Å². The van der Waals surface area contributed by atoms with E-state index in [-0.39, 0.29) is 22.1 Å². The molecule has 4 rings (SSSR count). The number of amides is 1. The molecule has 0 aromatic carbocycles. The third kappa shape index (κ3) is 3.96. The van der Waals surface area contributed by atoms with Gasteiger partial charge in [-0.3, -0.25) is 4.79 Å². The Balaban J connectivity index is 1.70. The minimum absolute atomic E-state index is 0.119. The van der Waals surface area contributed by atoms with Crippen LogP contribution < -0.4 is 0 Å². The molecule has 10 heteroatoms. The molecule has 1 amide bonds. The summed E-state index contributed by atoms with van der Waals surface area (Å²) in [5.41, 5.74) is 1.12. The average molecular weight is 446 g/mol. The molecule has 0 spiro atoms. The van der Waals surface area contributed by atoms with Gasteiger partial charge in [-0.2, -0.15) is 14.6 Å². The highest BCUT2D eigenvalue weighted by Crippen LogP contribution is 2.33. The highest BCUT2D eigenvalue weighted by atomic mass is 32.2. The summed E-state index contributed by atoms with van der Waals surface area (Å²) >= 11 is 0. The highest BCUT2D eigenvalue weighted by molar-refractivity contribution is 7.90. The van der Waals surface area contributed by atoms with E-state index < -0.39 is 9.84 Å². The van der Waals surface area contributed by atoms with Crippen molar-refractivity contribution in [2.24, 2.45) is 0 Å². The molecule has 1 saturated heterocycles. The van der Waals surface area contributed by atoms with Crippen molar-refractivity contribution in [3.8, 4) is 0 Å². The van der Waals surface area contributed by atoms with Gasteiger partial charge in [-0.25, -0.2) is 13.4 Å². The lowest BCUT2D eigenvalue weighted by molar-refractivity contribution is 0.0667. The molecule has 1 fully saturated rings. The van der Waals surface area contributed by atoms with E-state index in [0.717, 1.165) is 30.4 Å². The zero-order chi connectivity index (χ0) is 22.6. The van der Waals surface area contributed by atoms with Crippen LogP contribution in [0.15, 0.2) is 27.9 Å². The molecule has 0 aliphatic carbocycles. The standard InChI is InChI=1S/C21H27N5O4S/c1-13-9-16(21(2,3)4)30-18(13)19(27)25-8-6-7-14(11-25)17-15(31(5,28)29)10-22-20-23-12-24-26(17)20/h9-10,12,14H,6-8,11H2,1-5H3. The second kappa shape index (κ2) is 7.44. The molecule has 0 radical (unpaired) electrons. The fraction of sp³-hybridized carbons (Fsp3) is 0.524. The van der Waals surface area contributed by atoms with Gasteiger partial charge < -0.3 is 9.32 Å². The summed E-state index contributed by atoms with van der Waals surface area (Å²) in [7, 11) is -3.53. The first kappa shape index (κ1) is 21.5. The van der Waals surface area contributed by atoms with Crippen LogP contribution in [0.4, 0.5) is 0 Å². The number of piperidine rings is 1. The molecule has 3 aromatic rings. The summed E-state index contributed by atoms with van der Waals surface area (Å²) in [6.07, 6.45) is 5.31. The van der Waals surface area contributed by atoms with Crippen LogP contribution in [-0.2, 0) is 15.3 Å². The SMILES string of the molecule is Cc1cc(C(C)(C)C)oc1C(=O)N1CCCC(c2c(S(C)(=O)=O)cnc3ncnn23)C1. The van der Waals surface area contributed by atoms with Gasteiger partial charge in [0.15, 0.2) is 15.6 Å². The Hall–Kier alpha value is -2.75. The second-order valence-corrected chi connectivity index (χ2v) is 11.2. The predicted molar refractivity (Wildman–Crippen MR) is 114 cm³/mol. The molecule has 166 valence electrons. The van der Waals surface area contributed by atoms with Crippen LogP contribution in [0.2, 0.25) is 0 Å². The van der Waals surface area contributed by atoms with E-state index in [9.17, 15) is 13.2 Å². The molecule has 0 N–H and O–H groups in total. The Bertz CT molecular complexity index is 1250. The minimum atomic E-state index is -3.53. The predicted octanol–water partition coefficient (Wildman–Crippen LogP) is 2.75. The number of carbonyl (C=O) groups excluding carboxylic acids is 1. The number of hydrogen-bond acceptors (Lipinski definition) is 7. The van der Waals surface area contributed by atoms with E-state index in [1.165, 1.54) is 17.0 Å². The van der Waals surface area contributed by atoms with E-state index in [4.69, 9.17) is 4.42 Å². The van der Waals surface area contributed by atoms with Crippen molar-refractivity contribution in [1.82, 2.24) is 24.5 Å². The summed E-state index contributed by atoms with van der Waals surface area (Å²) in [6.45, 7) is 8.93. The van der Waals surface area contributed by atoms with Gasteiger partial charge in [0, 0.05) is 36.2 Å². The molecule has 4 heterocycles. The Morgan fingerprint density at radius 2 is 2.00 bits per heavy atom. The zero-order valence-electron chi connectivity index (χ0n) is 18.4. The zero-order valence-corrected chi connectivity index (χ0v) is 19.2. The number of rotatable bonds is 3. The maximum atomic E-state index is 13.3. The first-order chi connectivity index (χ1) is 14.5. The van der Waals surface area contributed by atoms with Crippen LogP contribution in [0.25, 0.3) is 5.78 Å². The number of sulfone groups is 1. The molecule has 1 atom stereocenters. The number of aromatic nitrogens is 4. The van der Waals surface area contributed by atoms with E-state index >= 15 is 0 Å². The van der Waals surface area contributed by atoms with Gasteiger partial charge in [0.2, 0.25) is 0 Å². The average Bonchev–Trinajstić information content (AvgIpc) is 3.32. The lowest BCUT2D eigenvalue weighted by Crippen LogP contribution is -2.40. The van der Waals surface area contributed by atoms with Crippen LogP contribution in [-0.4, -0.2) is 58.2 Å². The van der Waals surface area contributed by atoms with Gasteiger partial charge in [0.25, 0.3) is 11.7 Å². The van der Waals surface area contributed by atoms with E-state index in [0.29, 0.717) is 30.3 Å². The van der Waals surface area contributed by atoms with Crippen LogP contribution in [0.5, 0.6) is 0 Å². The Kier molecular flexibility index (Phi) is 5.15. The first-order valence-electron chi connectivity index (χ1n) is 10.3. The molecule has 31 heavy (non-hydrogen) atoms. The molecule has 1 aliphatic heterocycles. The first-order valence-corrected chi connectivity index (χ1v) is 12.1. The molecule has 9 nitrogen and oxygen atoms in total. The highest BCUT2D eigenvalue weighted by Gasteiger charge is 2.33. The molecule has 0 bridgehead atoms. The van der Waals surface area contributed by atoms with E-state index in [1.807, 2.05) is 33.8 Å². The third-order valence-electron chi connectivity index (χ3n) is 5.65. The quantitative estimate of drug-likeness (QED) is 0.609. The van der Waals surface area contributed by atoms with Gasteiger partial charge in [-0.05, 0) is 25.8 Å². The van der Waals surface area contributed by atoms with Crippen molar-refractivity contribution in [2.75, 3.05) is 19.3 Å². The minimum Gasteiger partial charge on any atom is -0.455 e. The number of aryl methyl sites for hydroxylation is 1. The van der Waals surface area contributed by atoms with Gasteiger partial charge >= 0.3 is 0 Å². The van der Waals surface area contributed by atoms with Crippen molar-refractivity contribution >= 4 is 21.5 Å². The fourth-order valence-electron chi connectivity index (χ4n) is 4.03. The monoisotopic (exact) mass is 445 g/mol. The molecular formula is C21H27N5O4S. The number of nitrogens with zero attached hydrogens (tertiary/aromatic N) is 5. The number of furan rings is 1. The normalized spacial score (nSPS) is 18.0. The number of carbonyl (C=O) groups is 1. The van der Waals surface area contributed by atoms with Gasteiger partial charge in [-0.1, -0.05) is 20.8 Å². The van der Waals surface area contributed by atoms with Crippen molar-refractivity contribution in [3.05, 3.63) is 41.4 Å². The van der Waals surface area contributed by atoms with Gasteiger partial charge in [0.05, 0.1) is 11.9 Å². The topological polar surface area (TPSA) is 111 Å². The molecule has 3 aromatic heterocycles. The third-order valence-corrected chi connectivity index (χ3v) is 6.77. The Morgan fingerprint density at radius 3 is 2.65 bits per heavy atom. The maximum Gasteiger partial charge on any atom is 0.289 e. The van der Waals surface area contributed by atoms with E-state index in [1.54, 1.807) is 4.90 Å². The summed E-state index contributed by atoms with van der Waals surface area (Å²) in [6, 6.07) is 1.91. The maximum absolute atomic E-state index is 13.3. The fourth-order valence-corrected chi connectivity index (χ4v) is 4.91. The molecular weight excluding hydrogens is 418 g/mol. The summed E-state index contributed by atoms with van der Waals surface area (Å²) in [5.74, 6) is 1.05. The van der Waals surface area contributed by atoms with Crippen LogP contribution >= 0.6 is 0 Å². The lowest BCUT2D eigenvalue weighted by atomic mass is 9.93. The van der Waals surface area contributed by atoms with Crippen molar-refractivity contribution in [1.29, 1.82) is 0 Å². The lowest BCUT2D eigenvalue weighted by Gasteiger charge is -2.33.